The van der Waals surface area contributed by atoms with Crippen molar-refractivity contribution in [2.75, 3.05) is 7.11 Å². The minimum Gasteiger partial charge on any atom is -0.496 e. The molecule has 0 amide bonds. The minimum atomic E-state index is 0.865. The summed E-state index contributed by atoms with van der Waals surface area (Å²) in [5.41, 5.74) is 2.16. The van der Waals surface area contributed by atoms with Gasteiger partial charge in [0, 0.05) is 22.4 Å². The molecule has 0 N–H and O–H groups in total. The first kappa shape index (κ1) is 10.2. The molecule has 3 heteroatoms. The molecule has 0 saturated heterocycles. The molecule has 0 spiro atoms. The van der Waals surface area contributed by atoms with Gasteiger partial charge in [-0.15, -0.1) is 0 Å². The van der Waals surface area contributed by atoms with E-state index in [-0.39, 0.29) is 0 Å². The molecule has 0 radical (unpaired) electrons. The Bertz CT molecular complexity index is 456. The quantitative estimate of drug-likeness (QED) is 0.827. The van der Waals surface area contributed by atoms with Gasteiger partial charge in [-0.3, -0.25) is 4.98 Å². The van der Waals surface area contributed by atoms with Crippen LogP contribution in [0.15, 0.2) is 47.2 Å². The van der Waals surface area contributed by atoms with Gasteiger partial charge in [0.1, 0.15) is 5.75 Å². The number of hydrogen-bond donors (Lipinski definition) is 0. The number of benzene rings is 1. The number of pyridine rings is 1. The van der Waals surface area contributed by atoms with E-state index in [9.17, 15) is 0 Å². The first-order valence-electron chi connectivity index (χ1n) is 4.55. The number of methoxy groups -OCH3 is 1. The molecule has 0 fully saturated rings. The first-order chi connectivity index (χ1) is 7.31. The fraction of sp³-hybridized carbons (Fsp3) is 0.0833. The highest BCUT2D eigenvalue weighted by Gasteiger charge is 2.05. The topological polar surface area (TPSA) is 22.1 Å². The van der Waals surface area contributed by atoms with Crippen molar-refractivity contribution in [3.05, 3.63) is 47.2 Å². The van der Waals surface area contributed by atoms with Crippen LogP contribution in [0.4, 0.5) is 0 Å². The molecule has 76 valence electrons. The van der Waals surface area contributed by atoms with Crippen LogP contribution in [0.2, 0.25) is 0 Å². The van der Waals surface area contributed by atoms with Crippen LogP contribution in [0.25, 0.3) is 11.1 Å². The van der Waals surface area contributed by atoms with Crippen LogP contribution < -0.4 is 4.74 Å². The monoisotopic (exact) mass is 263 g/mol. The van der Waals surface area contributed by atoms with Crippen LogP contribution in [-0.4, -0.2) is 12.1 Å². The van der Waals surface area contributed by atoms with Crippen molar-refractivity contribution in [3.63, 3.8) is 0 Å². The molecular weight excluding hydrogens is 254 g/mol. The van der Waals surface area contributed by atoms with Crippen molar-refractivity contribution in [2.45, 2.75) is 0 Å². The minimum absolute atomic E-state index is 0.865. The lowest BCUT2D eigenvalue weighted by Crippen LogP contribution is -1.87. The molecule has 0 aliphatic rings. The van der Waals surface area contributed by atoms with Crippen LogP contribution in [0.5, 0.6) is 5.75 Å². The summed E-state index contributed by atoms with van der Waals surface area (Å²) in [4.78, 5) is 4.00. The fourth-order valence-corrected chi connectivity index (χ4v) is 1.80. The summed E-state index contributed by atoms with van der Waals surface area (Å²) in [7, 11) is 1.67. The van der Waals surface area contributed by atoms with Gasteiger partial charge in [0.15, 0.2) is 0 Å². The van der Waals surface area contributed by atoms with E-state index in [1.165, 1.54) is 0 Å². The average molecular weight is 264 g/mol. The van der Waals surface area contributed by atoms with Gasteiger partial charge in [-0.25, -0.2) is 0 Å². The van der Waals surface area contributed by atoms with Crippen LogP contribution in [0, 0.1) is 0 Å². The summed E-state index contributed by atoms with van der Waals surface area (Å²) in [5, 5.41) is 0. The van der Waals surface area contributed by atoms with Gasteiger partial charge >= 0.3 is 0 Å². The Kier molecular flexibility index (Phi) is 3.02. The smallest absolute Gasteiger partial charge is 0.126 e. The van der Waals surface area contributed by atoms with E-state index in [1.807, 2.05) is 30.3 Å². The van der Waals surface area contributed by atoms with E-state index < -0.39 is 0 Å². The molecule has 0 aliphatic carbocycles. The Hall–Kier alpha value is -1.35. The molecular formula is C12H10BrNO. The van der Waals surface area contributed by atoms with Gasteiger partial charge in [0.05, 0.1) is 7.11 Å². The normalized spacial score (nSPS) is 10.0. The Balaban J connectivity index is 2.56. The number of hydrogen-bond acceptors (Lipinski definition) is 2. The maximum absolute atomic E-state index is 5.31. The van der Waals surface area contributed by atoms with E-state index in [0.717, 1.165) is 21.3 Å². The molecule has 1 aromatic heterocycles. The molecule has 2 nitrogen and oxygen atoms in total. The van der Waals surface area contributed by atoms with Crippen molar-refractivity contribution < 1.29 is 4.74 Å². The molecule has 1 aromatic carbocycles. The van der Waals surface area contributed by atoms with E-state index in [1.54, 1.807) is 19.5 Å². The van der Waals surface area contributed by atoms with Crippen molar-refractivity contribution in [2.24, 2.45) is 0 Å². The van der Waals surface area contributed by atoms with Gasteiger partial charge in [-0.05, 0) is 35.9 Å². The fourth-order valence-electron chi connectivity index (χ4n) is 1.44. The van der Waals surface area contributed by atoms with E-state index in [2.05, 4.69) is 20.9 Å². The number of halogens is 1. The van der Waals surface area contributed by atoms with E-state index >= 15 is 0 Å². The third kappa shape index (κ3) is 2.18. The second-order valence-corrected chi connectivity index (χ2v) is 4.00. The SMILES string of the molecule is COc1ccc(Br)cc1-c1ccncc1. The summed E-state index contributed by atoms with van der Waals surface area (Å²) in [6, 6.07) is 9.87. The summed E-state index contributed by atoms with van der Waals surface area (Å²) >= 11 is 3.45. The zero-order valence-electron chi connectivity index (χ0n) is 8.27. The van der Waals surface area contributed by atoms with Gasteiger partial charge in [-0.1, -0.05) is 15.9 Å². The highest BCUT2D eigenvalue weighted by molar-refractivity contribution is 9.10. The predicted octanol–water partition coefficient (Wildman–Crippen LogP) is 3.52. The summed E-state index contributed by atoms with van der Waals surface area (Å²) < 4.78 is 6.35. The molecule has 1 heterocycles. The maximum atomic E-state index is 5.31. The second-order valence-electron chi connectivity index (χ2n) is 3.08. The predicted molar refractivity (Wildman–Crippen MR) is 63.9 cm³/mol. The van der Waals surface area contributed by atoms with Crippen LogP contribution in [0.3, 0.4) is 0 Å². The Morgan fingerprint density at radius 2 is 1.87 bits per heavy atom. The van der Waals surface area contributed by atoms with Crippen molar-refractivity contribution >= 4 is 15.9 Å². The lowest BCUT2D eigenvalue weighted by Gasteiger charge is -2.08. The second kappa shape index (κ2) is 4.45. The Morgan fingerprint density at radius 3 is 2.53 bits per heavy atom. The molecule has 0 saturated carbocycles. The molecule has 2 aromatic rings. The van der Waals surface area contributed by atoms with E-state index in [0.29, 0.717) is 0 Å². The molecule has 2 rings (SSSR count). The zero-order valence-corrected chi connectivity index (χ0v) is 9.86. The highest BCUT2D eigenvalue weighted by Crippen LogP contribution is 2.31. The lowest BCUT2D eigenvalue weighted by atomic mass is 10.1. The zero-order chi connectivity index (χ0) is 10.7. The van der Waals surface area contributed by atoms with E-state index in [4.69, 9.17) is 4.74 Å². The third-order valence-corrected chi connectivity index (χ3v) is 2.65. The molecule has 15 heavy (non-hydrogen) atoms. The molecule has 0 bridgehead atoms. The van der Waals surface area contributed by atoms with Crippen LogP contribution in [0.1, 0.15) is 0 Å². The standard InChI is InChI=1S/C12H10BrNO/c1-15-12-3-2-10(13)8-11(12)9-4-6-14-7-5-9/h2-8H,1H3. The van der Waals surface area contributed by atoms with Crippen molar-refractivity contribution in [3.8, 4) is 16.9 Å². The molecule has 0 aliphatic heterocycles. The summed E-state index contributed by atoms with van der Waals surface area (Å²) in [6.45, 7) is 0. The summed E-state index contributed by atoms with van der Waals surface area (Å²) in [5.74, 6) is 0.865. The highest BCUT2D eigenvalue weighted by atomic mass is 79.9. The number of aromatic nitrogens is 1. The van der Waals surface area contributed by atoms with Gasteiger partial charge in [0.25, 0.3) is 0 Å². The lowest BCUT2D eigenvalue weighted by molar-refractivity contribution is 0.416. The number of nitrogens with zero attached hydrogens (tertiary/aromatic N) is 1. The molecule has 0 atom stereocenters. The van der Waals surface area contributed by atoms with Gasteiger partial charge in [-0.2, -0.15) is 0 Å². The summed E-state index contributed by atoms with van der Waals surface area (Å²) in [6.07, 6.45) is 3.55. The maximum Gasteiger partial charge on any atom is 0.126 e. The van der Waals surface area contributed by atoms with Gasteiger partial charge < -0.3 is 4.74 Å². The molecule has 0 unspecified atom stereocenters. The van der Waals surface area contributed by atoms with Gasteiger partial charge in [0.2, 0.25) is 0 Å². The third-order valence-electron chi connectivity index (χ3n) is 2.15. The Labute approximate surface area is 97.1 Å². The average Bonchev–Trinajstić information content (AvgIpc) is 2.30. The van der Waals surface area contributed by atoms with Crippen LogP contribution >= 0.6 is 15.9 Å². The Morgan fingerprint density at radius 1 is 1.13 bits per heavy atom. The first-order valence-corrected chi connectivity index (χ1v) is 5.34. The number of rotatable bonds is 2. The van der Waals surface area contributed by atoms with Crippen LogP contribution in [-0.2, 0) is 0 Å². The number of ether oxygens (including phenoxy) is 1. The largest absolute Gasteiger partial charge is 0.496 e. The van der Waals surface area contributed by atoms with Crippen molar-refractivity contribution in [1.82, 2.24) is 4.98 Å². The van der Waals surface area contributed by atoms with Crippen molar-refractivity contribution in [1.29, 1.82) is 0 Å².